The number of ether oxygens (including phenoxy) is 1. The Bertz CT molecular complexity index is 1400. The summed E-state index contributed by atoms with van der Waals surface area (Å²) in [6.07, 6.45) is 63.6. The molecule has 0 aliphatic heterocycles. The van der Waals surface area contributed by atoms with Crippen LogP contribution in [0.25, 0.3) is 0 Å². The Labute approximate surface area is 439 Å². The molecule has 3 unspecified atom stereocenters. The van der Waals surface area contributed by atoms with Crippen LogP contribution in [0.4, 0.5) is 0 Å². The van der Waals surface area contributed by atoms with Crippen molar-refractivity contribution in [1.29, 1.82) is 0 Å². The third-order valence-corrected chi connectivity index (χ3v) is 13.9. The van der Waals surface area contributed by atoms with Gasteiger partial charge in [-0.3, -0.25) is 18.6 Å². The molecule has 10 heteroatoms. The van der Waals surface area contributed by atoms with E-state index < -0.39 is 20.0 Å². The first-order valence-corrected chi connectivity index (χ1v) is 31.1. The van der Waals surface area contributed by atoms with Gasteiger partial charge in [-0.2, -0.15) is 0 Å². The zero-order valence-corrected chi connectivity index (χ0v) is 48.1. The third-order valence-electron chi connectivity index (χ3n) is 12.9. The van der Waals surface area contributed by atoms with Gasteiger partial charge in [-0.05, 0) is 89.5 Å². The third kappa shape index (κ3) is 52.4. The van der Waals surface area contributed by atoms with Gasteiger partial charge < -0.3 is 19.4 Å². The number of rotatable bonds is 53. The van der Waals surface area contributed by atoms with Crippen LogP contribution in [0.15, 0.2) is 60.8 Å². The molecule has 0 aromatic rings. The number of allylic oxidation sites excluding steroid dienone is 9. The highest BCUT2D eigenvalue weighted by Gasteiger charge is 2.30. The van der Waals surface area contributed by atoms with E-state index in [4.69, 9.17) is 13.8 Å². The number of nitrogens with zero attached hydrogens (tertiary/aromatic N) is 1. The van der Waals surface area contributed by atoms with E-state index in [2.05, 4.69) is 74.7 Å². The number of carbonyl (C=O) groups excluding carboxylic acids is 2. The summed E-state index contributed by atoms with van der Waals surface area (Å²) in [5.74, 6) is -0.520. The SMILES string of the molecule is CCCC/C=C\CCCCCCCC(=O)OC(/C=C\CCCCCCCCCCC)C(COP(=O)(O)OCC[N+](C)(C)C)NC(=O)CCCCCCCCCCCC/C=C\C/C=C\C/C=C\CCCCC. The first-order valence-electron chi connectivity index (χ1n) is 29.6. The molecule has 2 N–H and O–H groups in total. The second-order valence-electron chi connectivity index (χ2n) is 21.2. The number of nitrogens with one attached hydrogen (secondary N) is 1. The van der Waals surface area contributed by atoms with Crippen molar-refractivity contribution in [2.75, 3.05) is 40.9 Å². The van der Waals surface area contributed by atoms with Crippen molar-refractivity contribution in [1.82, 2.24) is 5.32 Å². The molecular weight excluding hydrogens is 904 g/mol. The molecule has 414 valence electrons. The maximum atomic E-state index is 13.5. The zero-order chi connectivity index (χ0) is 52.2. The Kier molecular flexibility index (Phi) is 49.6. The fraction of sp³-hybridized carbons (Fsp3) is 0.803. The lowest BCUT2D eigenvalue weighted by atomic mass is 10.0. The van der Waals surface area contributed by atoms with Crippen LogP contribution in [-0.4, -0.2) is 74.3 Å². The van der Waals surface area contributed by atoms with Gasteiger partial charge >= 0.3 is 13.8 Å². The van der Waals surface area contributed by atoms with Crippen molar-refractivity contribution in [3.8, 4) is 0 Å². The smallest absolute Gasteiger partial charge is 0.456 e. The van der Waals surface area contributed by atoms with Gasteiger partial charge in [0.2, 0.25) is 5.91 Å². The molecule has 0 fully saturated rings. The van der Waals surface area contributed by atoms with Crippen LogP contribution in [0.2, 0.25) is 0 Å². The summed E-state index contributed by atoms with van der Waals surface area (Å²) in [4.78, 5) is 37.5. The predicted octanol–water partition coefficient (Wildman–Crippen LogP) is 17.9. The molecule has 0 spiro atoms. The van der Waals surface area contributed by atoms with Crippen molar-refractivity contribution in [3.63, 3.8) is 0 Å². The fourth-order valence-electron chi connectivity index (χ4n) is 8.28. The van der Waals surface area contributed by atoms with E-state index in [0.29, 0.717) is 17.4 Å². The maximum absolute atomic E-state index is 13.5. The van der Waals surface area contributed by atoms with Gasteiger partial charge in [0.05, 0.1) is 33.8 Å². The van der Waals surface area contributed by atoms with Crippen LogP contribution in [-0.2, 0) is 27.9 Å². The molecule has 0 saturated carbocycles. The number of phosphoric acid groups is 1. The van der Waals surface area contributed by atoms with E-state index in [9.17, 15) is 19.0 Å². The molecule has 1 amide bonds. The molecular formula is C61H114N2O7P+. The topological polar surface area (TPSA) is 111 Å². The van der Waals surface area contributed by atoms with Crippen molar-refractivity contribution < 1.29 is 37.3 Å². The Hall–Kier alpha value is -2.29. The predicted molar refractivity (Wildman–Crippen MR) is 305 cm³/mol. The summed E-state index contributed by atoms with van der Waals surface area (Å²) >= 11 is 0. The number of hydrogen-bond donors (Lipinski definition) is 2. The van der Waals surface area contributed by atoms with Gasteiger partial charge in [-0.15, -0.1) is 0 Å². The first kappa shape index (κ1) is 68.7. The average Bonchev–Trinajstić information content (AvgIpc) is 3.33. The number of quaternary nitrogens is 1. The molecule has 0 saturated heterocycles. The normalized spacial score (nSPS) is 14.2. The lowest BCUT2D eigenvalue weighted by Crippen LogP contribution is -2.47. The first-order chi connectivity index (χ1) is 34.4. The molecule has 0 aliphatic rings. The molecule has 0 aromatic heterocycles. The monoisotopic (exact) mass is 1020 g/mol. The highest BCUT2D eigenvalue weighted by Crippen LogP contribution is 2.43. The van der Waals surface area contributed by atoms with Gasteiger partial charge in [0.15, 0.2) is 0 Å². The molecule has 0 aliphatic carbocycles. The van der Waals surface area contributed by atoms with Crippen LogP contribution in [0.3, 0.4) is 0 Å². The molecule has 0 heterocycles. The largest absolute Gasteiger partial charge is 0.472 e. The van der Waals surface area contributed by atoms with Crippen LogP contribution in [0.5, 0.6) is 0 Å². The fourth-order valence-corrected chi connectivity index (χ4v) is 9.02. The number of unbranched alkanes of at least 4 members (excludes halogenated alkanes) is 29. The molecule has 3 atom stereocenters. The summed E-state index contributed by atoms with van der Waals surface area (Å²) in [6, 6.07) is -0.853. The van der Waals surface area contributed by atoms with Crippen LogP contribution >= 0.6 is 7.82 Å². The van der Waals surface area contributed by atoms with E-state index in [-0.39, 0.29) is 31.5 Å². The van der Waals surface area contributed by atoms with E-state index >= 15 is 0 Å². The summed E-state index contributed by atoms with van der Waals surface area (Å²) in [7, 11) is 1.49. The summed E-state index contributed by atoms with van der Waals surface area (Å²) in [5, 5.41) is 3.04. The average molecular weight is 1020 g/mol. The minimum atomic E-state index is -4.44. The number of phosphoric ester groups is 1. The number of likely N-dealkylation sites (N-methyl/N-ethyl adjacent to an activating group) is 1. The molecule has 0 rings (SSSR count). The van der Waals surface area contributed by atoms with Gasteiger partial charge in [0.25, 0.3) is 0 Å². The van der Waals surface area contributed by atoms with Crippen LogP contribution < -0.4 is 5.32 Å². The van der Waals surface area contributed by atoms with Gasteiger partial charge in [-0.25, -0.2) is 4.57 Å². The Balaban J connectivity index is 5.15. The summed E-state index contributed by atoms with van der Waals surface area (Å²) < 4.78 is 30.6. The van der Waals surface area contributed by atoms with Crippen molar-refractivity contribution in [2.45, 2.75) is 277 Å². The Morgan fingerprint density at radius 2 is 0.873 bits per heavy atom. The van der Waals surface area contributed by atoms with Gasteiger partial charge in [-0.1, -0.05) is 223 Å². The molecule has 71 heavy (non-hydrogen) atoms. The number of esters is 1. The van der Waals surface area contributed by atoms with Gasteiger partial charge in [0.1, 0.15) is 19.3 Å². The minimum absolute atomic E-state index is 0.0371. The van der Waals surface area contributed by atoms with Crippen molar-refractivity contribution >= 4 is 19.7 Å². The molecule has 0 aromatic carbocycles. The van der Waals surface area contributed by atoms with E-state index in [1.807, 2.05) is 33.3 Å². The van der Waals surface area contributed by atoms with E-state index in [1.54, 1.807) is 0 Å². The summed E-state index contributed by atoms with van der Waals surface area (Å²) in [6.45, 7) is 6.93. The zero-order valence-electron chi connectivity index (χ0n) is 47.2. The second kappa shape index (κ2) is 51.2. The second-order valence-corrected chi connectivity index (χ2v) is 22.6. The number of carbonyl (C=O) groups is 2. The molecule has 9 nitrogen and oxygen atoms in total. The number of amides is 1. The minimum Gasteiger partial charge on any atom is -0.456 e. The Morgan fingerprint density at radius 3 is 1.37 bits per heavy atom. The van der Waals surface area contributed by atoms with Gasteiger partial charge in [0, 0.05) is 12.8 Å². The highest BCUT2D eigenvalue weighted by molar-refractivity contribution is 7.47. The van der Waals surface area contributed by atoms with Crippen LogP contribution in [0, 0.1) is 0 Å². The van der Waals surface area contributed by atoms with E-state index in [0.717, 1.165) is 96.3 Å². The highest BCUT2D eigenvalue weighted by atomic mass is 31.2. The molecule has 0 bridgehead atoms. The van der Waals surface area contributed by atoms with E-state index in [1.165, 1.54) is 135 Å². The Morgan fingerprint density at radius 1 is 0.493 bits per heavy atom. The summed E-state index contributed by atoms with van der Waals surface area (Å²) in [5.41, 5.74) is 0. The lowest BCUT2D eigenvalue weighted by molar-refractivity contribution is -0.870. The molecule has 0 radical (unpaired) electrons. The standard InChI is InChI=1S/C61H113N2O7P/c1-7-10-13-16-19-22-25-26-27-28-29-30-31-32-33-34-35-36-39-41-44-47-50-53-60(64)62-58(57-69-71(66,67)68-56-55-63(4,5)6)59(52-49-46-43-40-37-23-20-17-14-11-8-2)70-61(65)54-51-48-45-42-38-24-21-18-15-12-9-3/h18-19,21-22,26-27,29-30,49,52,58-59H,7-17,20,23-25,28,31-48,50-51,53-57H2,1-6H3,(H-,62,64,66,67)/p+1/b21-18-,22-19-,27-26-,30-29-,52-49-. The van der Waals surface area contributed by atoms with Crippen molar-refractivity contribution in [2.24, 2.45) is 0 Å². The van der Waals surface area contributed by atoms with Crippen LogP contribution in [0.1, 0.15) is 265 Å². The number of hydrogen-bond acceptors (Lipinski definition) is 6. The quantitative estimate of drug-likeness (QED) is 0.0205. The van der Waals surface area contributed by atoms with Crippen molar-refractivity contribution in [3.05, 3.63) is 60.8 Å². The maximum Gasteiger partial charge on any atom is 0.472 e. The lowest BCUT2D eigenvalue weighted by Gasteiger charge is -2.27.